The summed E-state index contributed by atoms with van der Waals surface area (Å²) in [6.07, 6.45) is 3.04. The summed E-state index contributed by atoms with van der Waals surface area (Å²) in [4.78, 5) is 31.3. The quantitative estimate of drug-likeness (QED) is 0.241. The van der Waals surface area contributed by atoms with E-state index in [0.717, 1.165) is 17.8 Å². The lowest BCUT2D eigenvalue weighted by atomic mass is 9.77. The largest absolute Gasteiger partial charge is 0.485 e. The number of hydrogen-bond donors (Lipinski definition) is 0. The van der Waals surface area contributed by atoms with Crippen LogP contribution in [-0.2, 0) is 28.6 Å². The van der Waals surface area contributed by atoms with Gasteiger partial charge in [0.2, 0.25) is 0 Å². The zero-order valence-corrected chi connectivity index (χ0v) is 21.3. The number of carbonyl (C=O) groups excluding carboxylic acids is 2. The van der Waals surface area contributed by atoms with Crippen LogP contribution in [0.25, 0.3) is 5.65 Å². The van der Waals surface area contributed by atoms with Crippen LogP contribution in [0.5, 0.6) is 5.75 Å². The van der Waals surface area contributed by atoms with Gasteiger partial charge in [-0.2, -0.15) is 5.10 Å². The number of benzene rings is 1. The second kappa shape index (κ2) is 10.1. The highest BCUT2D eigenvalue weighted by Crippen LogP contribution is 2.34. The van der Waals surface area contributed by atoms with Gasteiger partial charge in [-0.15, -0.1) is 0 Å². The summed E-state index contributed by atoms with van der Waals surface area (Å²) in [5.41, 5.74) is 0.871. The number of fused-ring (bicyclic) bond motifs is 1. The maximum absolute atomic E-state index is 14.1. The summed E-state index contributed by atoms with van der Waals surface area (Å²) >= 11 is 0. The number of pyridine rings is 1. The molecule has 0 spiro atoms. The van der Waals surface area contributed by atoms with Crippen molar-refractivity contribution in [2.45, 2.75) is 46.1 Å². The van der Waals surface area contributed by atoms with E-state index in [1.54, 1.807) is 61.4 Å². The summed E-state index contributed by atoms with van der Waals surface area (Å²) in [7, 11) is 1.76. The normalized spacial score (nSPS) is 12.9. The summed E-state index contributed by atoms with van der Waals surface area (Å²) in [6, 6.07) is 6.85. The smallest absolute Gasteiger partial charge is 0.316 e. The molecule has 1 aromatic carbocycles. The molecule has 37 heavy (non-hydrogen) atoms. The SMILES string of the molecule is CCOC(=O)C(C)(CC(=O)c1c(C)nc2c(OCc3c(F)cccc3F)cccn12)c1cnn(C)c1C. The van der Waals surface area contributed by atoms with Crippen molar-refractivity contribution in [1.82, 2.24) is 19.2 Å². The van der Waals surface area contributed by atoms with E-state index in [9.17, 15) is 18.4 Å². The first-order valence-corrected chi connectivity index (χ1v) is 11.8. The Morgan fingerprint density at radius 3 is 2.43 bits per heavy atom. The van der Waals surface area contributed by atoms with E-state index >= 15 is 0 Å². The number of carbonyl (C=O) groups is 2. The van der Waals surface area contributed by atoms with Crippen molar-refractivity contribution in [2.24, 2.45) is 7.05 Å². The number of esters is 1. The first-order chi connectivity index (χ1) is 17.6. The van der Waals surface area contributed by atoms with Crippen LogP contribution >= 0.6 is 0 Å². The first-order valence-electron chi connectivity index (χ1n) is 11.8. The highest BCUT2D eigenvalue weighted by Gasteiger charge is 2.42. The molecular formula is C27H28F2N4O4. The average Bonchev–Trinajstić information content (AvgIpc) is 3.37. The Bertz CT molecular complexity index is 1470. The lowest BCUT2D eigenvalue weighted by molar-refractivity contribution is -0.149. The van der Waals surface area contributed by atoms with Gasteiger partial charge in [0.15, 0.2) is 17.2 Å². The molecule has 0 radical (unpaired) electrons. The highest BCUT2D eigenvalue weighted by molar-refractivity contribution is 6.01. The van der Waals surface area contributed by atoms with E-state index in [2.05, 4.69) is 10.1 Å². The molecule has 0 bridgehead atoms. The molecule has 0 saturated carbocycles. The van der Waals surface area contributed by atoms with Crippen LogP contribution in [0.4, 0.5) is 8.78 Å². The molecule has 4 aromatic rings. The fraction of sp³-hybridized carbons (Fsp3) is 0.333. The molecule has 1 atom stereocenters. The Hall–Kier alpha value is -4.08. The third-order valence-corrected chi connectivity index (χ3v) is 6.56. The molecule has 1 unspecified atom stereocenters. The molecule has 8 nitrogen and oxygen atoms in total. The topological polar surface area (TPSA) is 87.7 Å². The highest BCUT2D eigenvalue weighted by atomic mass is 19.1. The zero-order chi connectivity index (χ0) is 26.9. The van der Waals surface area contributed by atoms with Crippen LogP contribution in [0.2, 0.25) is 0 Å². The number of nitrogens with zero attached hydrogens (tertiary/aromatic N) is 4. The van der Waals surface area contributed by atoms with Gasteiger partial charge in [-0.25, -0.2) is 13.8 Å². The van der Waals surface area contributed by atoms with Crippen molar-refractivity contribution in [3.05, 3.63) is 82.6 Å². The van der Waals surface area contributed by atoms with Gasteiger partial charge in [0.25, 0.3) is 0 Å². The Kier molecular flexibility index (Phi) is 7.11. The van der Waals surface area contributed by atoms with Gasteiger partial charge in [0, 0.05) is 30.9 Å². The van der Waals surface area contributed by atoms with Gasteiger partial charge in [-0.05, 0) is 52.0 Å². The molecule has 194 valence electrons. The number of rotatable bonds is 9. The standard InChI is InChI=1S/C27H28F2N4O4/c1-6-36-26(35)27(4,19-14-30-32(5)17(19)3)13-22(34)24-16(2)31-25-23(11-8-12-33(24)25)37-15-18-20(28)9-7-10-21(18)29/h7-12,14H,6,13,15H2,1-5H3. The van der Waals surface area contributed by atoms with E-state index < -0.39 is 23.0 Å². The Morgan fingerprint density at radius 1 is 1.11 bits per heavy atom. The first kappa shape index (κ1) is 26.0. The lowest BCUT2D eigenvalue weighted by Crippen LogP contribution is -2.37. The van der Waals surface area contributed by atoms with Gasteiger partial charge in [-0.3, -0.25) is 18.7 Å². The van der Waals surface area contributed by atoms with Crippen LogP contribution in [0.3, 0.4) is 0 Å². The van der Waals surface area contributed by atoms with Gasteiger partial charge < -0.3 is 9.47 Å². The van der Waals surface area contributed by atoms with Crippen molar-refractivity contribution in [3.8, 4) is 5.75 Å². The summed E-state index contributed by atoms with van der Waals surface area (Å²) in [5, 5.41) is 4.24. The Balaban J connectivity index is 1.69. The molecule has 0 saturated heterocycles. The van der Waals surface area contributed by atoms with Crippen LogP contribution < -0.4 is 4.74 Å². The van der Waals surface area contributed by atoms with Crippen LogP contribution in [0, 0.1) is 25.5 Å². The van der Waals surface area contributed by atoms with E-state index in [4.69, 9.17) is 9.47 Å². The van der Waals surface area contributed by atoms with E-state index in [-0.39, 0.29) is 42.4 Å². The van der Waals surface area contributed by atoms with Gasteiger partial charge in [0.1, 0.15) is 29.4 Å². The number of imidazole rings is 1. The Morgan fingerprint density at radius 2 is 1.81 bits per heavy atom. The third kappa shape index (κ3) is 4.71. The molecular weight excluding hydrogens is 482 g/mol. The molecule has 3 aromatic heterocycles. The molecule has 10 heteroatoms. The van der Waals surface area contributed by atoms with Gasteiger partial charge >= 0.3 is 5.97 Å². The number of ketones is 1. The minimum absolute atomic E-state index is 0.167. The predicted molar refractivity (Wildman–Crippen MR) is 131 cm³/mol. The molecule has 0 fully saturated rings. The van der Waals surface area contributed by atoms with E-state index in [0.29, 0.717) is 16.9 Å². The molecule has 0 aliphatic carbocycles. The number of Topliss-reactive ketones (excluding diaryl/α,β-unsaturated/α-hetero) is 1. The monoisotopic (exact) mass is 510 g/mol. The number of ether oxygens (including phenoxy) is 2. The summed E-state index contributed by atoms with van der Waals surface area (Å²) < 4.78 is 42.4. The minimum atomic E-state index is -1.28. The molecule has 0 N–H and O–H groups in total. The van der Waals surface area contributed by atoms with Crippen LogP contribution in [-0.4, -0.2) is 37.5 Å². The van der Waals surface area contributed by atoms with Crippen molar-refractivity contribution in [3.63, 3.8) is 0 Å². The van der Waals surface area contributed by atoms with Gasteiger partial charge in [0.05, 0.1) is 24.1 Å². The number of hydrogen-bond acceptors (Lipinski definition) is 6. The van der Waals surface area contributed by atoms with Crippen molar-refractivity contribution in [2.75, 3.05) is 6.61 Å². The van der Waals surface area contributed by atoms with Crippen molar-refractivity contribution >= 4 is 17.4 Å². The fourth-order valence-electron chi connectivity index (χ4n) is 4.44. The van der Waals surface area contributed by atoms with E-state index in [1.807, 2.05) is 6.92 Å². The Labute approximate surface area is 212 Å². The second-order valence-electron chi connectivity index (χ2n) is 9.02. The second-order valence-corrected chi connectivity index (χ2v) is 9.02. The predicted octanol–water partition coefficient (Wildman–Crippen LogP) is 4.64. The third-order valence-electron chi connectivity index (χ3n) is 6.56. The number of aromatic nitrogens is 4. The van der Waals surface area contributed by atoms with Crippen molar-refractivity contribution in [1.29, 1.82) is 0 Å². The fourth-order valence-corrected chi connectivity index (χ4v) is 4.44. The van der Waals surface area contributed by atoms with Crippen molar-refractivity contribution < 1.29 is 27.8 Å². The number of aryl methyl sites for hydroxylation is 2. The lowest BCUT2D eigenvalue weighted by Gasteiger charge is -2.26. The van der Waals surface area contributed by atoms with E-state index in [1.165, 1.54) is 6.07 Å². The van der Waals surface area contributed by atoms with Gasteiger partial charge in [-0.1, -0.05) is 6.07 Å². The molecule has 0 aliphatic heterocycles. The molecule has 4 rings (SSSR count). The minimum Gasteiger partial charge on any atom is -0.485 e. The summed E-state index contributed by atoms with van der Waals surface area (Å²) in [6.45, 7) is 6.69. The zero-order valence-electron chi connectivity index (χ0n) is 21.3. The number of halogens is 2. The molecule has 3 heterocycles. The van der Waals surface area contributed by atoms with Crippen LogP contribution in [0.1, 0.15) is 53.3 Å². The summed E-state index contributed by atoms with van der Waals surface area (Å²) in [5.74, 6) is -2.04. The maximum Gasteiger partial charge on any atom is 0.316 e. The maximum atomic E-state index is 14.1. The average molecular weight is 511 g/mol. The molecule has 0 amide bonds. The van der Waals surface area contributed by atoms with Crippen LogP contribution in [0.15, 0.2) is 42.7 Å². The molecule has 0 aliphatic rings.